The van der Waals surface area contributed by atoms with Gasteiger partial charge < -0.3 is 10.1 Å². The molecule has 3 atom stereocenters. The number of halogens is 3. The molecule has 2 aromatic rings. The van der Waals surface area contributed by atoms with E-state index in [0.29, 0.717) is 0 Å². The lowest BCUT2D eigenvalue weighted by Gasteiger charge is -2.36. The SMILES string of the molecule is CC1NC(=O)CC(c2nnn3c2CCC[C@@]3(C)c2ccc(OC(F)(F)F)cc2)N1. The smallest absolute Gasteiger partial charge is 0.406 e. The fraction of sp³-hybridized carbons (Fsp3) is 0.526. The lowest BCUT2D eigenvalue weighted by atomic mass is 9.83. The van der Waals surface area contributed by atoms with Gasteiger partial charge in [0.15, 0.2) is 0 Å². The van der Waals surface area contributed by atoms with E-state index in [2.05, 4.69) is 25.7 Å². The molecular formula is C19H22F3N5O2. The highest BCUT2D eigenvalue weighted by Crippen LogP contribution is 2.39. The van der Waals surface area contributed by atoms with Gasteiger partial charge in [0.25, 0.3) is 0 Å². The van der Waals surface area contributed by atoms with Crippen LogP contribution in [0.2, 0.25) is 0 Å². The van der Waals surface area contributed by atoms with Crippen molar-refractivity contribution in [2.75, 3.05) is 0 Å². The van der Waals surface area contributed by atoms with Gasteiger partial charge in [0, 0.05) is 6.42 Å². The Morgan fingerprint density at radius 2 is 2.00 bits per heavy atom. The van der Waals surface area contributed by atoms with E-state index in [4.69, 9.17) is 0 Å². The summed E-state index contributed by atoms with van der Waals surface area (Å²) >= 11 is 0. The quantitative estimate of drug-likeness (QED) is 0.815. The first-order chi connectivity index (χ1) is 13.7. The number of hydrogen-bond acceptors (Lipinski definition) is 5. The summed E-state index contributed by atoms with van der Waals surface area (Å²) in [6.45, 7) is 3.87. The third-order valence-electron chi connectivity index (χ3n) is 5.60. The fourth-order valence-electron chi connectivity index (χ4n) is 4.27. The molecule has 1 saturated heterocycles. The van der Waals surface area contributed by atoms with Gasteiger partial charge in [-0.3, -0.25) is 10.1 Å². The molecule has 4 rings (SSSR count). The Bertz CT molecular complexity index is 912. The van der Waals surface area contributed by atoms with E-state index in [0.717, 1.165) is 36.2 Å². The summed E-state index contributed by atoms with van der Waals surface area (Å²) in [5, 5.41) is 14.9. The van der Waals surface area contributed by atoms with E-state index in [9.17, 15) is 18.0 Å². The number of alkyl halides is 3. The van der Waals surface area contributed by atoms with Crippen molar-refractivity contribution < 1.29 is 22.7 Å². The molecule has 10 heteroatoms. The maximum absolute atomic E-state index is 12.4. The molecule has 2 N–H and O–H groups in total. The first-order valence-corrected chi connectivity index (χ1v) is 9.52. The predicted molar refractivity (Wildman–Crippen MR) is 96.9 cm³/mol. The van der Waals surface area contributed by atoms with Crippen molar-refractivity contribution in [2.24, 2.45) is 0 Å². The number of nitrogens with one attached hydrogen (secondary N) is 2. The van der Waals surface area contributed by atoms with E-state index in [1.807, 2.05) is 18.5 Å². The molecule has 7 nitrogen and oxygen atoms in total. The number of carbonyl (C=O) groups excluding carboxylic acids is 1. The van der Waals surface area contributed by atoms with Gasteiger partial charge >= 0.3 is 6.36 Å². The lowest BCUT2D eigenvalue weighted by Crippen LogP contribution is -2.51. The van der Waals surface area contributed by atoms with Gasteiger partial charge in [0.2, 0.25) is 5.91 Å². The number of nitrogens with zero attached hydrogens (tertiary/aromatic N) is 3. The number of rotatable bonds is 3. The number of ether oxygens (including phenoxy) is 1. The van der Waals surface area contributed by atoms with Crippen LogP contribution < -0.4 is 15.4 Å². The van der Waals surface area contributed by atoms with Gasteiger partial charge in [-0.25, -0.2) is 4.68 Å². The molecule has 2 unspecified atom stereocenters. The number of hydrogen-bond donors (Lipinski definition) is 2. The first kappa shape index (κ1) is 19.7. The molecule has 3 heterocycles. The highest BCUT2D eigenvalue weighted by Gasteiger charge is 2.39. The normalized spacial score (nSPS) is 27.3. The Kier molecular flexibility index (Phi) is 4.76. The number of amides is 1. The molecule has 2 aliphatic rings. The summed E-state index contributed by atoms with van der Waals surface area (Å²) < 4.78 is 43.1. The molecule has 2 aliphatic heterocycles. The minimum Gasteiger partial charge on any atom is -0.406 e. The Balaban J connectivity index is 1.64. The van der Waals surface area contributed by atoms with Crippen LogP contribution in [0.15, 0.2) is 24.3 Å². The average molecular weight is 409 g/mol. The topological polar surface area (TPSA) is 81.1 Å². The van der Waals surface area contributed by atoms with Gasteiger partial charge in [-0.05, 0) is 50.8 Å². The summed E-state index contributed by atoms with van der Waals surface area (Å²) in [5.41, 5.74) is 1.99. The van der Waals surface area contributed by atoms with Crippen molar-refractivity contribution in [1.29, 1.82) is 0 Å². The van der Waals surface area contributed by atoms with E-state index in [-0.39, 0.29) is 30.3 Å². The van der Waals surface area contributed by atoms with Crippen LogP contribution in [0, 0.1) is 0 Å². The van der Waals surface area contributed by atoms with Crippen LogP contribution in [0.4, 0.5) is 13.2 Å². The van der Waals surface area contributed by atoms with Crippen LogP contribution >= 0.6 is 0 Å². The largest absolute Gasteiger partial charge is 0.573 e. The van der Waals surface area contributed by atoms with Crippen LogP contribution in [-0.2, 0) is 16.8 Å². The second-order valence-electron chi connectivity index (χ2n) is 7.75. The zero-order valence-electron chi connectivity index (χ0n) is 16.1. The third kappa shape index (κ3) is 3.81. The van der Waals surface area contributed by atoms with Crippen LogP contribution in [0.25, 0.3) is 0 Å². The average Bonchev–Trinajstić information content (AvgIpc) is 3.06. The van der Waals surface area contributed by atoms with Crippen molar-refractivity contribution in [1.82, 2.24) is 25.6 Å². The summed E-state index contributed by atoms with van der Waals surface area (Å²) in [6, 6.07) is 5.68. The Morgan fingerprint density at radius 1 is 1.28 bits per heavy atom. The summed E-state index contributed by atoms with van der Waals surface area (Å²) in [6.07, 6.45) is -2.16. The lowest BCUT2D eigenvalue weighted by molar-refractivity contribution is -0.274. The van der Waals surface area contributed by atoms with E-state index >= 15 is 0 Å². The number of carbonyl (C=O) groups is 1. The minimum atomic E-state index is -4.72. The maximum atomic E-state index is 12.4. The van der Waals surface area contributed by atoms with Crippen LogP contribution in [0.3, 0.4) is 0 Å². The number of aromatic nitrogens is 3. The Labute approximate surface area is 165 Å². The van der Waals surface area contributed by atoms with Gasteiger partial charge in [-0.2, -0.15) is 0 Å². The van der Waals surface area contributed by atoms with E-state index < -0.39 is 11.9 Å². The van der Waals surface area contributed by atoms with E-state index in [1.165, 1.54) is 12.1 Å². The molecule has 1 fully saturated rings. The van der Waals surface area contributed by atoms with Crippen LogP contribution in [-0.4, -0.2) is 33.4 Å². The Morgan fingerprint density at radius 3 is 2.66 bits per heavy atom. The minimum absolute atomic E-state index is 0.0400. The zero-order chi connectivity index (χ0) is 20.8. The first-order valence-electron chi connectivity index (χ1n) is 9.52. The van der Waals surface area contributed by atoms with E-state index in [1.54, 1.807) is 12.1 Å². The monoisotopic (exact) mass is 409 g/mol. The van der Waals surface area contributed by atoms with Crippen molar-refractivity contribution >= 4 is 5.91 Å². The molecule has 29 heavy (non-hydrogen) atoms. The molecule has 1 aromatic carbocycles. The van der Waals surface area contributed by atoms with Gasteiger partial charge in [0.05, 0.1) is 23.4 Å². The molecule has 0 spiro atoms. The molecular weight excluding hydrogens is 387 g/mol. The van der Waals surface area contributed by atoms with Crippen molar-refractivity contribution in [3.05, 3.63) is 41.2 Å². The number of fused-ring (bicyclic) bond motifs is 1. The van der Waals surface area contributed by atoms with Gasteiger partial charge in [0.1, 0.15) is 11.4 Å². The highest BCUT2D eigenvalue weighted by molar-refractivity contribution is 5.77. The van der Waals surface area contributed by atoms with Crippen LogP contribution in [0.5, 0.6) is 5.75 Å². The molecule has 0 bridgehead atoms. The zero-order valence-corrected chi connectivity index (χ0v) is 16.1. The summed E-state index contributed by atoms with van der Waals surface area (Å²) in [4.78, 5) is 11.9. The molecule has 156 valence electrons. The molecule has 0 saturated carbocycles. The number of benzene rings is 1. The van der Waals surface area contributed by atoms with Crippen LogP contribution in [0.1, 0.15) is 56.1 Å². The van der Waals surface area contributed by atoms with Crippen molar-refractivity contribution in [2.45, 2.75) is 63.6 Å². The molecule has 0 aliphatic carbocycles. The third-order valence-corrected chi connectivity index (χ3v) is 5.60. The van der Waals surface area contributed by atoms with Gasteiger partial charge in [-0.15, -0.1) is 18.3 Å². The summed E-state index contributed by atoms with van der Waals surface area (Å²) in [5.74, 6) is -0.298. The summed E-state index contributed by atoms with van der Waals surface area (Å²) in [7, 11) is 0. The second-order valence-corrected chi connectivity index (χ2v) is 7.75. The van der Waals surface area contributed by atoms with Gasteiger partial charge in [-0.1, -0.05) is 17.3 Å². The highest BCUT2D eigenvalue weighted by atomic mass is 19.4. The molecule has 0 radical (unpaired) electrons. The standard InChI is InChI=1S/C19H22F3N5O2/c1-11-23-14(10-16(28)24-11)17-15-4-3-9-18(2,27(15)26-25-17)12-5-7-13(8-6-12)29-19(20,21)22/h5-8,11,14,23H,3-4,9-10H2,1-2H3,(H,24,28)/t11?,14?,18-/m0/s1. The second kappa shape index (κ2) is 7.01. The van der Waals surface area contributed by atoms with Crippen molar-refractivity contribution in [3.8, 4) is 5.75 Å². The molecule has 1 aromatic heterocycles. The predicted octanol–water partition coefficient (Wildman–Crippen LogP) is 2.77. The fourth-order valence-corrected chi connectivity index (χ4v) is 4.27. The maximum Gasteiger partial charge on any atom is 0.573 e. The molecule has 1 amide bonds. The van der Waals surface area contributed by atoms with Crippen molar-refractivity contribution in [3.63, 3.8) is 0 Å². The Hall–Kier alpha value is -2.62.